The molecule has 0 aromatic carbocycles. The third-order valence-corrected chi connectivity index (χ3v) is 5.37. The number of rotatable bonds is 8. The van der Waals surface area contributed by atoms with Gasteiger partial charge in [0.1, 0.15) is 0 Å². The van der Waals surface area contributed by atoms with E-state index >= 15 is 0 Å². The maximum atomic E-state index is 4.08. The number of hydrogen-bond donors (Lipinski definition) is 0. The van der Waals surface area contributed by atoms with Crippen molar-refractivity contribution in [2.45, 2.75) is 55.4 Å². The van der Waals surface area contributed by atoms with Gasteiger partial charge in [0, 0.05) is 0 Å². The van der Waals surface area contributed by atoms with Gasteiger partial charge in [-0.3, -0.25) is 0 Å². The van der Waals surface area contributed by atoms with Crippen LogP contribution in [-0.2, 0) is 0 Å². The van der Waals surface area contributed by atoms with E-state index in [1.165, 1.54) is 61.3 Å². The Hall–Kier alpha value is 0.603. The predicted octanol–water partition coefficient (Wildman–Crippen LogP) is 3.68. The first kappa shape index (κ1) is 34.0. The van der Waals surface area contributed by atoms with Crippen molar-refractivity contribution in [1.82, 2.24) is 0 Å². The average molecular weight is 399 g/mol. The third-order valence-electron chi connectivity index (χ3n) is 5.37. The van der Waals surface area contributed by atoms with Crippen molar-refractivity contribution in [2.24, 2.45) is 0 Å². The van der Waals surface area contributed by atoms with Crippen molar-refractivity contribution in [3.05, 3.63) is 0 Å². The molecular weight excluding hydrogens is 357 g/mol. The van der Waals surface area contributed by atoms with Crippen LogP contribution in [0.5, 0.6) is 0 Å². The van der Waals surface area contributed by atoms with Gasteiger partial charge in [-0.15, -0.1) is 0 Å². The standard InChI is InChI=1S/2C8H20N.GeS.2H2O/c2*1-5-9(6-2,7-3)8-4;1-2;;/h2*5-8H2,1-4H3;;2*1H2/q2*+1;;;/p-2. The second-order valence-electron chi connectivity index (χ2n) is 5.21. The molecule has 0 saturated heterocycles. The Morgan fingerprint density at radius 2 is 0.545 bits per heavy atom. The van der Waals surface area contributed by atoms with Crippen molar-refractivity contribution < 1.29 is 19.9 Å². The Balaban J connectivity index is -0.0000000726. The molecule has 0 atom stereocenters. The average Bonchev–Trinajstić information content (AvgIpc) is 2.55. The van der Waals surface area contributed by atoms with E-state index in [0.29, 0.717) is 0 Å². The van der Waals surface area contributed by atoms with Gasteiger partial charge >= 0.3 is 25.3 Å². The van der Waals surface area contributed by atoms with Gasteiger partial charge in [0.2, 0.25) is 0 Å². The molecule has 4 nitrogen and oxygen atoms in total. The first-order chi connectivity index (χ1) is 9.49. The summed E-state index contributed by atoms with van der Waals surface area (Å²) in [4.78, 5) is 0. The van der Waals surface area contributed by atoms with E-state index < -0.39 is 0 Å². The van der Waals surface area contributed by atoms with E-state index in [2.05, 4.69) is 65.8 Å². The number of hydrogen-bond acceptors (Lipinski definition) is 3. The van der Waals surface area contributed by atoms with Crippen LogP contribution in [0.2, 0.25) is 0 Å². The zero-order valence-electron chi connectivity index (χ0n) is 16.4. The molecule has 0 aromatic heterocycles. The zero-order chi connectivity index (χ0) is 16.7. The van der Waals surface area contributed by atoms with E-state index in [-0.39, 0.29) is 11.0 Å². The molecule has 6 heteroatoms. The molecule has 138 valence electrons. The Morgan fingerprint density at radius 3 is 0.545 bits per heavy atom. The van der Waals surface area contributed by atoms with Gasteiger partial charge in [0.05, 0.1) is 52.4 Å². The van der Waals surface area contributed by atoms with E-state index in [0.717, 1.165) is 0 Å². The molecular formula is C16H42GeN2O2S. The van der Waals surface area contributed by atoms with E-state index in [9.17, 15) is 0 Å². The second-order valence-corrected chi connectivity index (χ2v) is 5.21. The summed E-state index contributed by atoms with van der Waals surface area (Å²) in [6, 6.07) is 0. The van der Waals surface area contributed by atoms with Crippen LogP contribution in [0.1, 0.15) is 55.4 Å². The van der Waals surface area contributed by atoms with Gasteiger partial charge in [-0.05, 0) is 55.4 Å². The van der Waals surface area contributed by atoms with Gasteiger partial charge in [0.15, 0.2) is 0 Å². The fourth-order valence-corrected chi connectivity index (χ4v) is 2.68. The van der Waals surface area contributed by atoms with Gasteiger partial charge < -0.3 is 19.9 Å². The summed E-state index contributed by atoms with van der Waals surface area (Å²) in [5.41, 5.74) is 0. The quantitative estimate of drug-likeness (QED) is 0.462. The van der Waals surface area contributed by atoms with Crippen LogP contribution in [0.4, 0.5) is 0 Å². The SMILES string of the molecule is CC[N+](CC)(CC)CC.CC[N+](CC)(CC)CC.[OH-].[OH-].[S]=[Ge]. The number of nitrogens with zero attached hydrogens (tertiary/aromatic N) is 2. The molecule has 0 amide bonds. The normalized spacial score (nSPS) is 10.0. The summed E-state index contributed by atoms with van der Waals surface area (Å²) in [5.74, 6) is 0. The monoisotopic (exact) mass is 400 g/mol. The fraction of sp³-hybridized carbons (Fsp3) is 1.00. The van der Waals surface area contributed by atoms with Gasteiger partial charge in [-0.25, -0.2) is 0 Å². The Morgan fingerprint density at radius 1 is 0.455 bits per heavy atom. The number of quaternary nitrogens is 2. The molecule has 0 unspecified atom stereocenters. The minimum absolute atomic E-state index is 0. The molecule has 0 heterocycles. The molecule has 0 bridgehead atoms. The first-order valence-electron chi connectivity index (χ1n) is 8.39. The van der Waals surface area contributed by atoms with Gasteiger partial charge in [0.25, 0.3) is 0 Å². The van der Waals surface area contributed by atoms with Crippen molar-refractivity contribution in [3.63, 3.8) is 0 Å². The molecule has 0 aromatic rings. The van der Waals surface area contributed by atoms with Crippen molar-refractivity contribution in [1.29, 1.82) is 0 Å². The molecule has 0 saturated carbocycles. The summed E-state index contributed by atoms with van der Waals surface area (Å²) in [7, 11) is 4.08. The molecule has 22 heavy (non-hydrogen) atoms. The van der Waals surface area contributed by atoms with E-state index in [1.54, 1.807) is 14.9 Å². The molecule has 0 fully saturated rings. The third kappa shape index (κ3) is 13.1. The Labute approximate surface area is 153 Å². The van der Waals surface area contributed by atoms with E-state index in [1.807, 2.05) is 0 Å². The van der Waals surface area contributed by atoms with Crippen LogP contribution < -0.4 is 0 Å². The van der Waals surface area contributed by atoms with Crippen LogP contribution in [-0.4, -0.2) is 87.1 Å². The Kier molecular flexibility index (Phi) is 33.4. The van der Waals surface area contributed by atoms with Crippen LogP contribution in [0, 0.1) is 0 Å². The molecule has 0 spiro atoms. The van der Waals surface area contributed by atoms with E-state index in [4.69, 9.17) is 0 Å². The molecule has 0 aliphatic rings. The van der Waals surface area contributed by atoms with Crippen molar-refractivity contribution in [3.8, 4) is 0 Å². The topological polar surface area (TPSA) is 60.0 Å². The molecule has 2 radical (unpaired) electrons. The van der Waals surface area contributed by atoms with Crippen LogP contribution in [0.3, 0.4) is 0 Å². The maximum absolute atomic E-state index is 4.08. The molecule has 0 aliphatic heterocycles. The van der Waals surface area contributed by atoms with Crippen molar-refractivity contribution >= 4 is 25.3 Å². The van der Waals surface area contributed by atoms with Gasteiger partial charge in [-0.2, -0.15) is 0 Å². The summed E-state index contributed by atoms with van der Waals surface area (Å²) >= 11 is 1.58. The fourth-order valence-electron chi connectivity index (χ4n) is 2.68. The molecule has 2 N–H and O–H groups in total. The predicted molar refractivity (Wildman–Crippen MR) is 102 cm³/mol. The Bertz CT molecular complexity index is 148. The van der Waals surface area contributed by atoms with Crippen molar-refractivity contribution in [2.75, 3.05) is 52.4 Å². The van der Waals surface area contributed by atoms with Crippen LogP contribution in [0.15, 0.2) is 0 Å². The minimum atomic E-state index is 0. The van der Waals surface area contributed by atoms with Gasteiger partial charge in [-0.1, -0.05) is 0 Å². The van der Waals surface area contributed by atoms with Crippen LogP contribution >= 0.6 is 10.5 Å². The molecule has 0 rings (SSSR count). The summed E-state index contributed by atoms with van der Waals surface area (Å²) < 4.78 is 2.56. The molecule has 0 aliphatic carbocycles. The first-order valence-corrected chi connectivity index (χ1v) is 11.4. The summed E-state index contributed by atoms with van der Waals surface area (Å²) in [6.45, 7) is 28.4. The second kappa shape index (κ2) is 21.6. The summed E-state index contributed by atoms with van der Waals surface area (Å²) in [5, 5.41) is 0. The van der Waals surface area contributed by atoms with Crippen LogP contribution in [0.25, 0.3) is 0 Å². The zero-order valence-corrected chi connectivity index (χ0v) is 19.3. The summed E-state index contributed by atoms with van der Waals surface area (Å²) in [6.07, 6.45) is 0.